The lowest BCUT2D eigenvalue weighted by Gasteiger charge is -2.15. The fraction of sp³-hybridized carbons (Fsp3) is 0.304. The summed E-state index contributed by atoms with van der Waals surface area (Å²) in [6.07, 6.45) is 0. The zero-order valence-electron chi connectivity index (χ0n) is 18.5. The smallest absolute Gasteiger partial charge is 0.251 e. The molecule has 32 heavy (non-hydrogen) atoms. The minimum atomic E-state index is -0.330. The second-order valence-electron chi connectivity index (χ2n) is 7.45. The van der Waals surface area contributed by atoms with Crippen LogP contribution in [-0.2, 0) is 11.3 Å². The lowest BCUT2D eigenvalue weighted by Crippen LogP contribution is -2.28. The number of hydrogen-bond donors (Lipinski definition) is 2. The summed E-state index contributed by atoms with van der Waals surface area (Å²) in [6.45, 7) is 8.38. The number of rotatable bonds is 8. The molecule has 7 nitrogen and oxygen atoms in total. The average Bonchev–Trinajstić information content (AvgIpc) is 3.17. The number of hydrogen-bond acceptors (Lipinski definition) is 5. The van der Waals surface area contributed by atoms with E-state index in [9.17, 15) is 9.59 Å². The Kier molecular flexibility index (Phi) is 8.09. The molecule has 0 aliphatic rings. The zero-order valence-corrected chi connectivity index (χ0v) is 20.9. The van der Waals surface area contributed by atoms with Gasteiger partial charge in [0.05, 0.1) is 11.8 Å². The van der Waals surface area contributed by atoms with E-state index in [1.165, 1.54) is 11.8 Å². The van der Waals surface area contributed by atoms with Crippen molar-refractivity contribution < 1.29 is 9.59 Å². The van der Waals surface area contributed by atoms with Crippen LogP contribution in [0.15, 0.2) is 52.1 Å². The van der Waals surface area contributed by atoms with E-state index in [0.29, 0.717) is 23.1 Å². The van der Waals surface area contributed by atoms with E-state index in [-0.39, 0.29) is 23.6 Å². The number of thioether (sulfide) groups is 1. The summed E-state index contributed by atoms with van der Waals surface area (Å²) < 4.78 is 2.89. The fourth-order valence-electron chi connectivity index (χ4n) is 3.24. The molecule has 3 aromatic rings. The zero-order chi connectivity index (χ0) is 23.3. The van der Waals surface area contributed by atoms with Crippen molar-refractivity contribution in [3.63, 3.8) is 0 Å². The van der Waals surface area contributed by atoms with Gasteiger partial charge in [-0.2, -0.15) is 0 Å². The normalized spacial score (nSPS) is 11.8. The number of nitrogens with one attached hydrogen (secondary N) is 2. The third kappa shape index (κ3) is 5.98. The molecule has 0 spiro atoms. The molecule has 0 unspecified atom stereocenters. The molecule has 2 N–H and O–H groups in total. The first-order chi connectivity index (χ1) is 15.3. The van der Waals surface area contributed by atoms with Gasteiger partial charge in [-0.1, -0.05) is 45.4 Å². The lowest BCUT2D eigenvalue weighted by atomic mass is 10.1. The average molecular weight is 516 g/mol. The van der Waals surface area contributed by atoms with E-state index in [4.69, 9.17) is 0 Å². The molecule has 1 atom stereocenters. The van der Waals surface area contributed by atoms with Crippen molar-refractivity contribution in [3.05, 3.63) is 69.5 Å². The fourth-order valence-corrected chi connectivity index (χ4v) is 4.52. The van der Waals surface area contributed by atoms with Gasteiger partial charge in [-0.3, -0.25) is 9.59 Å². The molecule has 3 rings (SSSR count). The maximum absolute atomic E-state index is 12.6. The minimum absolute atomic E-state index is 0.117. The van der Waals surface area contributed by atoms with Crippen LogP contribution in [0.5, 0.6) is 0 Å². The summed E-state index contributed by atoms with van der Waals surface area (Å²) in [5, 5.41) is 15.1. The standard InChI is InChI=1S/C23H26BrN5O2S/c1-5-29-21(16(4)25-22(31)17-8-6-7-14(2)11-17)27-28-23(29)32-13-20(30)26-19-10-9-18(24)12-15(19)3/h6-12,16H,5,13H2,1-4H3,(H,25,31)(H,26,30)/t16-/m0/s1. The molecule has 0 aliphatic carbocycles. The number of benzene rings is 2. The van der Waals surface area contributed by atoms with Gasteiger partial charge in [-0.15, -0.1) is 10.2 Å². The Labute approximate surface area is 200 Å². The van der Waals surface area contributed by atoms with Gasteiger partial charge in [0.1, 0.15) is 0 Å². The molecule has 0 saturated heterocycles. The maximum atomic E-state index is 12.6. The van der Waals surface area contributed by atoms with Gasteiger partial charge in [0.2, 0.25) is 5.91 Å². The predicted molar refractivity (Wildman–Crippen MR) is 131 cm³/mol. The molecule has 1 heterocycles. The van der Waals surface area contributed by atoms with Gasteiger partial charge in [-0.05, 0) is 63.6 Å². The maximum Gasteiger partial charge on any atom is 0.251 e. The molecule has 0 radical (unpaired) electrons. The highest BCUT2D eigenvalue weighted by Crippen LogP contribution is 2.23. The first kappa shape index (κ1) is 24.0. The third-order valence-corrected chi connectivity index (χ3v) is 6.33. The molecule has 0 saturated carbocycles. The van der Waals surface area contributed by atoms with Crippen LogP contribution in [0.2, 0.25) is 0 Å². The van der Waals surface area contributed by atoms with Crippen LogP contribution < -0.4 is 10.6 Å². The van der Waals surface area contributed by atoms with Crippen molar-refractivity contribution in [1.29, 1.82) is 0 Å². The number of amides is 2. The minimum Gasteiger partial charge on any atom is -0.342 e. The van der Waals surface area contributed by atoms with E-state index >= 15 is 0 Å². The second-order valence-corrected chi connectivity index (χ2v) is 9.30. The molecule has 1 aromatic heterocycles. The third-order valence-electron chi connectivity index (χ3n) is 4.87. The highest BCUT2D eigenvalue weighted by molar-refractivity contribution is 9.10. The van der Waals surface area contributed by atoms with Gasteiger partial charge in [0.25, 0.3) is 5.91 Å². The molecule has 0 bridgehead atoms. The van der Waals surface area contributed by atoms with E-state index in [0.717, 1.165) is 21.3 Å². The number of aromatic nitrogens is 3. The molecule has 0 fully saturated rings. The SMILES string of the molecule is CCn1c(SCC(=O)Nc2ccc(Br)cc2C)nnc1[C@H](C)NC(=O)c1cccc(C)c1. The van der Waals surface area contributed by atoms with Crippen LogP contribution in [0.25, 0.3) is 0 Å². The predicted octanol–water partition coefficient (Wildman–Crippen LogP) is 4.90. The van der Waals surface area contributed by atoms with Crippen molar-refractivity contribution in [1.82, 2.24) is 20.1 Å². The molecular weight excluding hydrogens is 490 g/mol. The Balaban J connectivity index is 1.63. The van der Waals surface area contributed by atoms with Crippen molar-refractivity contribution >= 4 is 45.2 Å². The van der Waals surface area contributed by atoms with E-state index in [2.05, 4.69) is 36.8 Å². The van der Waals surface area contributed by atoms with Gasteiger partial charge in [0, 0.05) is 22.3 Å². The topological polar surface area (TPSA) is 88.9 Å². The summed E-state index contributed by atoms with van der Waals surface area (Å²) in [5.41, 5.74) is 3.39. The number of carbonyl (C=O) groups excluding carboxylic acids is 2. The van der Waals surface area contributed by atoms with Crippen molar-refractivity contribution in [2.75, 3.05) is 11.1 Å². The first-order valence-corrected chi connectivity index (χ1v) is 12.1. The number of halogens is 1. The van der Waals surface area contributed by atoms with Crippen molar-refractivity contribution in [3.8, 4) is 0 Å². The summed E-state index contributed by atoms with van der Waals surface area (Å²) in [7, 11) is 0. The van der Waals surface area contributed by atoms with E-state index in [1.807, 2.05) is 68.7 Å². The summed E-state index contributed by atoms with van der Waals surface area (Å²) in [5.74, 6) is 0.580. The quantitative estimate of drug-likeness (QED) is 0.416. The van der Waals surface area contributed by atoms with Gasteiger partial charge in [0.15, 0.2) is 11.0 Å². The van der Waals surface area contributed by atoms with Crippen molar-refractivity contribution in [2.45, 2.75) is 45.4 Å². The second kappa shape index (κ2) is 10.8. The summed E-state index contributed by atoms with van der Waals surface area (Å²) >= 11 is 4.74. The lowest BCUT2D eigenvalue weighted by molar-refractivity contribution is -0.113. The summed E-state index contributed by atoms with van der Waals surface area (Å²) in [4.78, 5) is 25.0. The van der Waals surface area contributed by atoms with Crippen LogP contribution in [-0.4, -0.2) is 32.3 Å². The Bertz CT molecular complexity index is 1130. The molecule has 0 aliphatic heterocycles. The molecule has 2 aromatic carbocycles. The van der Waals surface area contributed by atoms with Crippen LogP contribution in [0, 0.1) is 13.8 Å². The first-order valence-electron chi connectivity index (χ1n) is 10.3. The van der Waals surface area contributed by atoms with Gasteiger partial charge < -0.3 is 15.2 Å². The molecule has 9 heteroatoms. The Hall–Kier alpha value is -2.65. The van der Waals surface area contributed by atoms with Crippen molar-refractivity contribution in [2.24, 2.45) is 0 Å². The Morgan fingerprint density at radius 3 is 2.62 bits per heavy atom. The number of anilines is 1. The molecule has 168 valence electrons. The summed E-state index contributed by atoms with van der Waals surface area (Å²) in [6, 6.07) is 12.8. The Morgan fingerprint density at radius 2 is 1.94 bits per heavy atom. The molecule has 2 amide bonds. The van der Waals surface area contributed by atoms with Crippen LogP contribution in [0.1, 0.15) is 47.2 Å². The highest BCUT2D eigenvalue weighted by atomic mass is 79.9. The van der Waals surface area contributed by atoms with Gasteiger partial charge >= 0.3 is 0 Å². The molecular formula is C23H26BrN5O2S. The largest absolute Gasteiger partial charge is 0.342 e. The van der Waals surface area contributed by atoms with Gasteiger partial charge in [-0.25, -0.2) is 0 Å². The van der Waals surface area contributed by atoms with E-state index < -0.39 is 0 Å². The number of nitrogens with zero attached hydrogens (tertiary/aromatic N) is 3. The monoisotopic (exact) mass is 515 g/mol. The number of carbonyl (C=O) groups is 2. The Morgan fingerprint density at radius 1 is 1.16 bits per heavy atom. The van der Waals surface area contributed by atoms with E-state index in [1.54, 1.807) is 6.07 Å². The number of aryl methyl sites for hydroxylation is 2. The highest BCUT2D eigenvalue weighted by Gasteiger charge is 2.20. The van der Waals surface area contributed by atoms with Crippen LogP contribution in [0.4, 0.5) is 5.69 Å². The van der Waals surface area contributed by atoms with Crippen LogP contribution in [0.3, 0.4) is 0 Å². The van der Waals surface area contributed by atoms with Crippen LogP contribution >= 0.6 is 27.7 Å².